The van der Waals surface area contributed by atoms with Gasteiger partial charge in [0.05, 0.1) is 0 Å². The van der Waals surface area contributed by atoms with E-state index in [9.17, 15) is 9.18 Å². The summed E-state index contributed by atoms with van der Waals surface area (Å²) >= 11 is 1.48. The Morgan fingerprint density at radius 1 is 1.21 bits per heavy atom. The highest BCUT2D eigenvalue weighted by molar-refractivity contribution is 7.99. The number of aromatic nitrogens is 4. The number of benzene rings is 1. The Hall–Kier alpha value is -2.16. The molecule has 0 spiro atoms. The summed E-state index contributed by atoms with van der Waals surface area (Å²) in [6.07, 6.45) is 0.466. The zero-order valence-corrected chi connectivity index (χ0v) is 14.2. The van der Waals surface area contributed by atoms with Gasteiger partial charge >= 0.3 is 0 Å². The highest BCUT2D eigenvalue weighted by atomic mass is 32.2. The highest BCUT2D eigenvalue weighted by Gasteiger charge is 2.21. The van der Waals surface area contributed by atoms with E-state index in [-0.39, 0.29) is 11.7 Å². The number of halogens is 1. The first kappa shape index (κ1) is 16.7. The molecule has 0 radical (unpaired) electrons. The lowest BCUT2D eigenvalue weighted by Gasteiger charge is -2.36. The van der Waals surface area contributed by atoms with Crippen molar-refractivity contribution in [3.05, 3.63) is 30.1 Å². The molecule has 1 aliphatic rings. The van der Waals surface area contributed by atoms with Gasteiger partial charge in [0.2, 0.25) is 11.1 Å². The van der Waals surface area contributed by atoms with Gasteiger partial charge in [0.25, 0.3) is 0 Å². The van der Waals surface area contributed by atoms with Crippen molar-refractivity contribution in [1.29, 1.82) is 0 Å². The number of anilines is 1. The SMILES string of the molecule is Cn1nnnc1SCCC(=O)N1CCN(c2ccc(F)cc2)CC1. The van der Waals surface area contributed by atoms with Crippen LogP contribution in [0.3, 0.4) is 0 Å². The van der Waals surface area contributed by atoms with E-state index >= 15 is 0 Å². The Bertz CT molecular complexity index is 684. The van der Waals surface area contributed by atoms with Crippen molar-refractivity contribution in [2.45, 2.75) is 11.6 Å². The summed E-state index contributed by atoms with van der Waals surface area (Å²) in [4.78, 5) is 16.3. The summed E-state index contributed by atoms with van der Waals surface area (Å²) in [5.74, 6) is 0.574. The monoisotopic (exact) mass is 350 g/mol. The number of amides is 1. The van der Waals surface area contributed by atoms with E-state index in [2.05, 4.69) is 20.4 Å². The van der Waals surface area contributed by atoms with Crippen molar-refractivity contribution in [3.63, 3.8) is 0 Å². The number of carbonyl (C=O) groups excluding carboxylic acids is 1. The molecule has 1 aliphatic heterocycles. The average molecular weight is 350 g/mol. The van der Waals surface area contributed by atoms with E-state index in [1.807, 2.05) is 4.90 Å². The van der Waals surface area contributed by atoms with Crippen LogP contribution < -0.4 is 4.90 Å². The highest BCUT2D eigenvalue weighted by Crippen LogP contribution is 2.18. The average Bonchev–Trinajstić information content (AvgIpc) is 3.01. The molecule has 0 aliphatic carbocycles. The number of piperazine rings is 1. The first-order valence-electron chi connectivity index (χ1n) is 7.77. The Balaban J connectivity index is 1.43. The van der Waals surface area contributed by atoms with Gasteiger partial charge in [0.15, 0.2) is 0 Å². The molecular weight excluding hydrogens is 331 g/mol. The fourth-order valence-electron chi connectivity index (χ4n) is 2.60. The summed E-state index contributed by atoms with van der Waals surface area (Å²) in [5, 5.41) is 11.9. The number of thioether (sulfide) groups is 1. The summed E-state index contributed by atoms with van der Waals surface area (Å²) in [5.41, 5.74) is 0.994. The van der Waals surface area contributed by atoms with Gasteiger partial charge in [0.1, 0.15) is 5.82 Å². The van der Waals surface area contributed by atoms with Gasteiger partial charge in [0, 0.05) is 51.1 Å². The minimum atomic E-state index is -0.233. The summed E-state index contributed by atoms with van der Waals surface area (Å²) in [7, 11) is 1.78. The van der Waals surface area contributed by atoms with Crippen molar-refractivity contribution in [2.24, 2.45) is 7.05 Å². The van der Waals surface area contributed by atoms with E-state index in [1.165, 1.54) is 23.9 Å². The smallest absolute Gasteiger partial charge is 0.223 e. The van der Waals surface area contributed by atoms with Gasteiger partial charge in [-0.15, -0.1) is 5.10 Å². The van der Waals surface area contributed by atoms with E-state index in [4.69, 9.17) is 0 Å². The second kappa shape index (κ2) is 7.61. The first-order chi connectivity index (χ1) is 11.6. The number of carbonyl (C=O) groups is 1. The summed E-state index contributed by atoms with van der Waals surface area (Å²) in [6, 6.07) is 6.48. The summed E-state index contributed by atoms with van der Waals surface area (Å²) in [6.45, 7) is 2.90. The maximum Gasteiger partial charge on any atom is 0.223 e. The lowest BCUT2D eigenvalue weighted by Crippen LogP contribution is -2.48. The maximum absolute atomic E-state index is 13.0. The molecule has 0 atom stereocenters. The number of rotatable bonds is 5. The molecular formula is C15H19FN6OS. The minimum Gasteiger partial charge on any atom is -0.368 e. The lowest BCUT2D eigenvalue weighted by molar-refractivity contribution is -0.131. The molecule has 0 saturated carbocycles. The van der Waals surface area contributed by atoms with Crippen molar-refractivity contribution < 1.29 is 9.18 Å². The third kappa shape index (κ3) is 4.02. The fraction of sp³-hybridized carbons (Fsp3) is 0.467. The fourth-order valence-corrected chi connectivity index (χ4v) is 3.37. The van der Waals surface area contributed by atoms with Gasteiger partial charge in [-0.2, -0.15) is 0 Å². The molecule has 1 amide bonds. The molecule has 0 unspecified atom stereocenters. The predicted molar refractivity (Wildman–Crippen MR) is 89.3 cm³/mol. The quantitative estimate of drug-likeness (QED) is 0.755. The van der Waals surface area contributed by atoms with E-state index in [0.717, 1.165) is 18.8 Å². The molecule has 24 heavy (non-hydrogen) atoms. The Labute approximate surface area is 143 Å². The first-order valence-corrected chi connectivity index (χ1v) is 8.75. The molecule has 2 aromatic rings. The van der Waals surface area contributed by atoms with Gasteiger partial charge in [-0.1, -0.05) is 11.8 Å². The number of hydrogen-bond acceptors (Lipinski definition) is 6. The van der Waals surface area contributed by atoms with Crippen molar-refractivity contribution in [2.75, 3.05) is 36.8 Å². The van der Waals surface area contributed by atoms with Crippen LogP contribution in [-0.4, -0.2) is 62.9 Å². The van der Waals surface area contributed by atoms with Crippen LogP contribution in [0.15, 0.2) is 29.4 Å². The normalized spacial score (nSPS) is 14.9. The third-order valence-electron chi connectivity index (χ3n) is 3.95. The van der Waals surface area contributed by atoms with Crippen molar-refractivity contribution in [1.82, 2.24) is 25.1 Å². The molecule has 2 heterocycles. The standard InChI is InChI=1S/C15H19FN6OS/c1-20-15(17-18-19-20)24-11-6-14(23)22-9-7-21(8-10-22)13-4-2-12(16)3-5-13/h2-5H,6-11H2,1H3. The second-order valence-electron chi connectivity index (χ2n) is 5.53. The number of tetrazole rings is 1. The second-order valence-corrected chi connectivity index (χ2v) is 6.59. The molecule has 128 valence electrons. The zero-order valence-electron chi connectivity index (χ0n) is 13.4. The number of hydrogen-bond donors (Lipinski definition) is 0. The third-order valence-corrected chi connectivity index (χ3v) is 4.96. The predicted octanol–water partition coefficient (Wildman–Crippen LogP) is 1.18. The van der Waals surface area contributed by atoms with Crippen LogP contribution in [0.2, 0.25) is 0 Å². The molecule has 3 rings (SSSR count). The lowest BCUT2D eigenvalue weighted by atomic mass is 10.2. The van der Waals surface area contributed by atoms with Crippen molar-refractivity contribution >= 4 is 23.4 Å². The molecule has 1 saturated heterocycles. The van der Waals surface area contributed by atoms with Crippen LogP contribution in [0, 0.1) is 5.82 Å². The van der Waals surface area contributed by atoms with Gasteiger partial charge in [-0.05, 0) is 34.7 Å². The van der Waals surface area contributed by atoms with E-state index in [0.29, 0.717) is 30.4 Å². The van der Waals surface area contributed by atoms with Crippen LogP contribution in [0.25, 0.3) is 0 Å². The Morgan fingerprint density at radius 2 is 1.92 bits per heavy atom. The van der Waals surface area contributed by atoms with Crippen LogP contribution in [0.1, 0.15) is 6.42 Å². The maximum atomic E-state index is 13.0. The van der Waals surface area contributed by atoms with E-state index in [1.54, 1.807) is 23.9 Å². The Kier molecular flexibility index (Phi) is 5.29. The molecule has 9 heteroatoms. The van der Waals surface area contributed by atoms with Crippen LogP contribution >= 0.6 is 11.8 Å². The van der Waals surface area contributed by atoms with E-state index < -0.39 is 0 Å². The van der Waals surface area contributed by atoms with Crippen LogP contribution in [0.4, 0.5) is 10.1 Å². The van der Waals surface area contributed by atoms with Gasteiger partial charge in [-0.3, -0.25) is 4.79 Å². The van der Waals surface area contributed by atoms with Gasteiger partial charge < -0.3 is 9.80 Å². The molecule has 1 fully saturated rings. The zero-order chi connectivity index (χ0) is 16.9. The minimum absolute atomic E-state index is 0.149. The topological polar surface area (TPSA) is 67.2 Å². The Morgan fingerprint density at radius 3 is 2.54 bits per heavy atom. The largest absolute Gasteiger partial charge is 0.368 e. The molecule has 0 N–H and O–H groups in total. The van der Waals surface area contributed by atoms with Crippen LogP contribution in [0.5, 0.6) is 0 Å². The molecule has 1 aromatic carbocycles. The van der Waals surface area contributed by atoms with Gasteiger partial charge in [-0.25, -0.2) is 9.07 Å². The van der Waals surface area contributed by atoms with Crippen molar-refractivity contribution in [3.8, 4) is 0 Å². The van der Waals surface area contributed by atoms with Crippen LogP contribution in [-0.2, 0) is 11.8 Å². The molecule has 0 bridgehead atoms. The molecule has 7 nitrogen and oxygen atoms in total. The number of nitrogens with zero attached hydrogens (tertiary/aromatic N) is 6. The molecule has 1 aromatic heterocycles. The number of aryl methyl sites for hydroxylation is 1. The summed E-state index contributed by atoms with van der Waals surface area (Å²) < 4.78 is 14.6.